The first-order valence-electron chi connectivity index (χ1n) is 7.82. The maximum Gasteiger partial charge on any atom is 0.224 e. The Kier molecular flexibility index (Phi) is 2.79. The van der Waals surface area contributed by atoms with E-state index in [0.29, 0.717) is 11.8 Å². The van der Waals surface area contributed by atoms with Crippen LogP contribution >= 0.6 is 0 Å². The summed E-state index contributed by atoms with van der Waals surface area (Å²) < 4.78 is 0. The van der Waals surface area contributed by atoms with Crippen molar-refractivity contribution >= 4 is 5.91 Å². The third-order valence-electron chi connectivity index (χ3n) is 4.89. The third-order valence-corrected chi connectivity index (χ3v) is 4.89. The summed E-state index contributed by atoms with van der Waals surface area (Å²) in [6, 6.07) is 1.93. The molecule has 4 rings (SSSR count). The fraction of sp³-hybridized carbons (Fsp3) is 0.688. The predicted octanol–water partition coefficient (Wildman–Crippen LogP) is 2.40. The molecule has 3 aliphatic rings. The fourth-order valence-corrected chi connectivity index (χ4v) is 3.26. The van der Waals surface area contributed by atoms with Crippen LogP contribution in [-0.4, -0.2) is 15.9 Å². The first-order chi connectivity index (χ1) is 9.72. The van der Waals surface area contributed by atoms with Crippen LogP contribution in [0.15, 0.2) is 12.3 Å². The highest BCUT2D eigenvalue weighted by molar-refractivity contribution is 5.82. The lowest BCUT2D eigenvalue weighted by molar-refractivity contribution is -0.123. The van der Waals surface area contributed by atoms with Crippen molar-refractivity contribution in [1.29, 1.82) is 0 Å². The Morgan fingerprint density at radius 1 is 1.35 bits per heavy atom. The molecule has 20 heavy (non-hydrogen) atoms. The van der Waals surface area contributed by atoms with Gasteiger partial charge in [-0.2, -0.15) is 0 Å². The number of nitrogens with one attached hydrogen (secondary N) is 1. The highest BCUT2D eigenvalue weighted by Gasteiger charge is 2.52. The van der Waals surface area contributed by atoms with Crippen molar-refractivity contribution in [2.45, 2.75) is 45.1 Å². The smallest absolute Gasteiger partial charge is 0.224 e. The van der Waals surface area contributed by atoms with E-state index in [1.807, 2.05) is 13.0 Å². The second-order valence-electron chi connectivity index (χ2n) is 6.72. The van der Waals surface area contributed by atoms with Gasteiger partial charge in [0.25, 0.3) is 0 Å². The molecule has 0 spiro atoms. The number of aryl methyl sites for hydroxylation is 1. The van der Waals surface area contributed by atoms with Gasteiger partial charge in [0.2, 0.25) is 5.91 Å². The van der Waals surface area contributed by atoms with Gasteiger partial charge in [-0.1, -0.05) is 0 Å². The lowest BCUT2D eigenvalue weighted by Crippen LogP contribution is -2.32. The molecule has 1 heterocycles. The molecule has 1 N–H and O–H groups in total. The van der Waals surface area contributed by atoms with Crippen molar-refractivity contribution in [2.24, 2.45) is 23.7 Å². The van der Waals surface area contributed by atoms with Crippen molar-refractivity contribution < 1.29 is 4.79 Å². The van der Waals surface area contributed by atoms with Crippen LogP contribution in [0.25, 0.3) is 0 Å². The van der Waals surface area contributed by atoms with Crippen LogP contribution in [0.2, 0.25) is 0 Å². The summed E-state index contributed by atoms with van der Waals surface area (Å²) in [5.74, 6) is 3.37. The summed E-state index contributed by atoms with van der Waals surface area (Å²) >= 11 is 0. The topological polar surface area (TPSA) is 54.9 Å². The molecule has 1 aromatic rings. The van der Waals surface area contributed by atoms with Crippen LogP contribution in [0.4, 0.5) is 0 Å². The van der Waals surface area contributed by atoms with E-state index in [9.17, 15) is 4.79 Å². The SMILES string of the molecule is Cc1ccnc([C@H](NC(=O)[C@H]2C[C@@H]2C2CC2)C2CC2)n1. The minimum absolute atomic E-state index is 0.0304. The minimum Gasteiger partial charge on any atom is -0.346 e. The highest BCUT2D eigenvalue weighted by atomic mass is 16.2. The van der Waals surface area contributed by atoms with E-state index < -0.39 is 0 Å². The molecule has 0 radical (unpaired) electrons. The molecule has 1 amide bonds. The Morgan fingerprint density at radius 3 is 2.80 bits per heavy atom. The number of amides is 1. The molecule has 1 aromatic heterocycles. The Morgan fingerprint density at radius 2 is 2.15 bits per heavy atom. The monoisotopic (exact) mass is 271 g/mol. The van der Waals surface area contributed by atoms with E-state index in [1.54, 1.807) is 6.20 Å². The van der Waals surface area contributed by atoms with Gasteiger partial charge in [0.15, 0.2) is 5.82 Å². The van der Waals surface area contributed by atoms with E-state index in [0.717, 1.165) is 23.9 Å². The van der Waals surface area contributed by atoms with Crippen LogP contribution in [0, 0.1) is 30.6 Å². The van der Waals surface area contributed by atoms with Gasteiger partial charge in [0, 0.05) is 17.8 Å². The van der Waals surface area contributed by atoms with Crippen molar-refractivity contribution in [3.8, 4) is 0 Å². The molecule has 0 unspecified atom stereocenters. The summed E-state index contributed by atoms with van der Waals surface area (Å²) in [7, 11) is 0. The third kappa shape index (κ3) is 2.43. The van der Waals surface area contributed by atoms with Gasteiger partial charge in [-0.25, -0.2) is 9.97 Å². The number of carbonyl (C=O) groups is 1. The number of nitrogens with zero attached hydrogens (tertiary/aromatic N) is 2. The van der Waals surface area contributed by atoms with E-state index in [-0.39, 0.29) is 17.9 Å². The van der Waals surface area contributed by atoms with Crippen LogP contribution in [0.1, 0.15) is 49.7 Å². The number of carbonyl (C=O) groups excluding carboxylic acids is 1. The number of hydrogen-bond donors (Lipinski definition) is 1. The largest absolute Gasteiger partial charge is 0.346 e. The van der Waals surface area contributed by atoms with Crippen LogP contribution in [-0.2, 0) is 4.79 Å². The quantitative estimate of drug-likeness (QED) is 0.894. The van der Waals surface area contributed by atoms with Gasteiger partial charge in [0.05, 0.1) is 6.04 Å². The molecule has 0 saturated heterocycles. The van der Waals surface area contributed by atoms with E-state index in [2.05, 4.69) is 15.3 Å². The van der Waals surface area contributed by atoms with E-state index in [4.69, 9.17) is 0 Å². The first-order valence-corrected chi connectivity index (χ1v) is 7.82. The first kappa shape index (κ1) is 12.3. The molecule has 3 aliphatic carbocycles. The van der Waals surface area contributed by atoms with Crippen molar-refractivity contribution in [1.82, 2.24) is 15.3 Å². The normalized spacial score (nSPS) is 29.9. The molecule has 0 aliphatic heterocycles. The zero-order valence-corrected chi connectivity index (χ0v) is 11.9. The summed E-state index contributed by atoms with van der Waals surface area (Å²) in [5, 5.41) is 3.23. The van der Waals surface area contributed by atoms with E-state index >= 15 is 0 Å². The Labute approximate surface area is 119 Å². The van der Waals surface area contributed by atoms with Gasteiger partial charge in [-0.05, 0) is 62.8 Å². The lowest BCUT2D eigenvalue weighted by Gasteiger charge is -2.17. The summed E-state index contributed by atoms with van der Waals surface area (Å²) in [4.78, 5) is 21.3. The maximum absolute atomic E-state index is 12.4. The fourth-order valence-electron chi connectivity index (χ4n) is 3.26. The van der Waals surface area contributed by atoms with Crippen LogP contribution < -0.4 is 5.32 Å². The van der Waals surface area contributed by atoms with Gasteiger partial charge in [-0.3, -0.25) is 4.79 Å². The molecular weight excluding hydrogens is 250 g/mol. The van der Waals surface area contributed by atoms with Crippen molar-refractivity contribution in [3.05, 3.63) is 23.8 Å². The van der Waals surface area contributed by atoms with Gasteiger partial charge in [0.1, 0.15) is 0 Å². The molecular formula is C16H21N3O. The standard InChI is InChI=1S/C16H21N3O/c1-9-6-7-17-15(18-9)14(11-4-5-11)19-16(20)13-8-12(13)10-2-3-10/h6-7,10-14H,2-5,8H2,1H3,(H,19,20)/t12-,13+,14-/m1/s1. The molecule has 106 valence electrons. The van der Waals surface area contributed by atoms with Gasteiger partial charge in [-0.15, -0.1) is 0 Å². The average molecular weight is 271 g/mol. The molecule has 3 saturated carbocycles. The average Bonchev–Trinajstić information content (AvgIpc) is 3.27. The highest BCUT2D eigenvalue weighted by Crippen LogP contribution is 2.54. The second-order valence-corrected chi connectivity index (χ2v) is 6.72. The summed E-state index contributed by atoms with van der Waals surface area (Å²) in [6.07, 6.45) is 7.92. The maximum atomic E-state index is 12.4. The predicted molar refractivity (Wildman–Crippen MR) is 74.7 cm³/mol. The molecule has 4 nitrogen and oxygen atoms in total. The Hall–Kier alpha value is -1.45. The van der Waals surface area contributed by atoms with Crippen molar-refractivity contribution in [3.63, 3.8) is 0 Å². The zero-order chi connectivity index (χ0) is 13.7. The molecule has 0 aromatic carbocycles. The lowest BCUT2D eigenvalue weighted by atomic mass is 10.1. The Balaban J connectivity index is 1.45. The number of aromatic nitrogens is 2. The van der Waals surface area contributed by atoms with Crippen LogP contribution in [0.5, 0.6) is 0 Å². The van der Waals surface area contributed by atoms with Crippen molar-refractivity contribution in [2.75, 3.05) is 0 Å². The summed E-state index contributed by atoms with van der Waals surface area (Å²) in [5.41, 5.74) is 0.970. The van der Waals surface area contributed by atoms with E-state index in [1.165, 1.54) is 25.7 Å². The summed E-state index contributed by atoms with van der Waals surface area (Å²) in [6.45, 7) is 1.97. The molecule has 4 heteroatoms. The van der Waals surface area contributed by atoms with Gasteiger partial charge >= 0.3 is 0 Å². The van der Waals surface area contributed by atoms with Gasteiger partial charge < -0.3 is 5.32 Å². The zero-order valence-electron chi connectivity index (χ0n) is 11.9. The second kappa shape index (κ2) is 4.54. The minimum atomic E-state index is 0.0304. The molecule has 0 bridgehead atoms. The number of hydrogen-bond acceptors (Lipinski definition) is 3. The number of rotatable bonds is 5. The molecule has 3 fully saturated rings. The van der Waals surface area contributed by atoms with Crippen LogP contribution in [0.3, 0.4) is 0 Å². The Bertz CT molecular complexity index is 536. The molecule has 3 atom stereocenters.